The Morgan fingerprint density at radius 3 is 1.55 bits per heavy atom. The van der Waals surface area contributed by atoms with Crippen LogP contribution in [-0.2, 0) is 23.7 Å². The predicted molar refractivity (Wildman–Crippen MR) is 147 cm³/mol. The van der Waals surface area contributed by atoms with Crippen LogP contribution in [0.5, 0.6) is 0 Å². The van der Waals surface area contributed by atoms with E-state index < -0.39 is 0 Å². The smallest absolute Gasteiger partial charge is 0.338 e. The van der Waals surface area contributed by atoms with Gasteiger partial charge in [-0.2, -0.15) is 0 Å². The Kier molecular flexibility index (Phi) is 20.5. The van der Waals surface area contributed by atoms with Gasteiger partial charge in [-0.15, -0.1) is 0 Å². The van der Waals surface area contributed by atoms with Crippen molar-refractivity contribution in [3.05, 3.63) is 35.4 Å². The number of hydrogen-bond donors (Lipinski definition) is 1. The fourth-order valence-corrected chi connectivity index (χ4v) is 3.84. The quantitative estimate of drug-likeness (QED) is 0.137. The molecular formula is C30H50O8. The third-order valence-corrected chi connectivity index (χ3v) is 6.51. The van der Waals surface area contributed by atoms with Gasteiger partial charge in [0.15, 0.2) is 0 Å². The number of rotatable bonds is 24. The minimum Gasteiger partial charge on any atom is -0.462 e. The van der Waals surface area contributed by atoms with E-state index in [2.05, 4.69) is 20.8 Å². The lowest BCUT2D eigenvalue weighted by Gasteiger charge is -2.15. The minimum absolute atomic E-state index is 0.0244. The molecule has 2 atom stereocenters. The van der Waals surface area contributed by atoms with Gasteiger partial charge in [-0.3, -0.25) is 0 Å². The number of hydrogen-bond acceptors (Lipinski definition) is 8. The van der Waals surface area contributed by atoms with Crippen LogP contribution in [-0.4, -0.2) is 76.5 Å². The number of unbranched alkanes of at least 4 members (excludes halogenated alkanes) is 2. The van der Waals surface area contributed by atoms with E-state index in [9.17, 15) is 9.59 Å². The van der Waals surface area contributed by atoms with E-state index in [1.165, 1.54) is 0 Å². The maximum atomic E-state index is 12.5. The molecule has 1 aromatic rings. The number of aliphatic hydroxyl groups excluding tert-OH is 1. The highest BCUT2D eigenvalue weighted by atomic mass is 16.5. The van der Waals surface area contributed by atoms with Gasteiger partial charge in [0.1, 0.15) is 0 Å². The lowest BCUT2D eigenvalue weighted by atomic mass is 10.0. The fraction of sp³-hybridized carbons (Fsp3) is 0.733. The number of carbonyl (C=O) groups is 2. The van der Waals surface area contributed by atoms with Crippen molar-refractivity contribution >= 4 is 11.9 Å². The third kappa shape index (κ3) is 16.1. The van der Waals surface area contributed by atoms with Gasteiger partial charge in [-0.1, -0.05) is 52.9 Å². The largest absolute Gasteiger partial charge is 0.462 e. The molecule has 0 radical (unpaired) electrons. The van der Waals surface area contributed by atoms with Gasteiger partial charge in [-0.05, 0) is 55.4 Å². The molecule has 2 unspecified atom stereocenters. The molecule has 0 heterocycles. The molecule has 8 nitrogen and oxygen atoms in total. The summed E-state index contributed by atoms with van der Waals surface area (Å²) in [5.41, 5.74) is 0.875. The van der Waals surface area contributed by atoms with Gasteiger partial charge < -0.3 is 28.8 Å². The number of carbonyl (C=O) groups excluding carboxylic acids is 2. The van der Waals surface area contributed by atoms with Crippen molar-refractivity contribution in [2.75, 3.05) is 59.5 Å². The topological polar surface area (TPSA) is 101 Å². The van der Waals surface area contributed by atoms with Gasteiger partial charge in [0.2, 0.25) is 0 Å². The van der Waals surface area contributed by atoms with Crippen molar-refractivity contribution < 1.29 is 38.4 Å². The standard InChI is InChI=1S/C30H50O8/c1-4-7-10-25(5-2)23-37-29(32)27-12-14-28(15-13-27)30(33)38-24-26(6-3)11-8-9-17-34-19-21-36-22-20-35-18-16-31/h12-15,25-26,31H,4-11,16-24H2,1-3H3. The molecule has 218 valence electrons. The molecule has 0 aliphatic rings. The number of benzene rings is 1. The first kappa shape index (κ1) is 34.0. The summed E-state index contributed by atoms with van der Waals surface area (Å²) in [6.45, 7) is 10.3. The maximum Gasteiger partial charge on any atom is 0.338 e. The molecule has 38 heavy (non-hydrogen) atoms. The zero-order valence-electron chi connectivity index (χ0n) is 23.8. The molecule has 0 saturated heterocycles. The molecule has 0 spiro atoms. The van der Waals surface area contributed by atoms with Crippen LogP contribution in [0.15, 0.2) is 24.3 Å². The summed E-state index contributed by atoms with van der Waals surface area (Å²) < 4.78 is 27.1. The van der Waals surface area contributed by atoms with Crippen LogP contribution in [0, 0.1) is 11.8 Å². The van der Waals surface area contributed by atoms with Gasteiger partial charge >= 0.3 is 11.9 Å². The van der Waals surface area contributed by atoms with E-state index in [4.69, 9.17) is 28.8 Å². The van der Waals surface area contributed by atoms with Crippen LogP contribution in [0.1, 0.15) is 92.9 Å². The number of ether oxygens (including phenoxy) is 5. The summed E-state index contributed by atoms with van der Waals surface area (Å²) in [7, 11) is 0. The van der Waals surface area contributed by atoms with Gasteiger partial charge in [0.05, 0.1) is 64.0 Å². The van der Waals surface area contributed by atoms with Crippen LogP contribution >= 0.6 is 0 Å². The summed E-state index contributed by atoms with van der Waals surface area (Å²) in [5, 5.41) is 8.61. The van der Waals surface area contributed by atoms with Crippen LogP contribution in [0.3, 0.4) is 0 Å². The zero-order chi connectivity index (χ0) is 27.8. The summed E-state index contributed by atoms with van der Waals surface area (Å²) in [4.78, 5) is 24.9. The van der Waals surface area contributed by atoms with Crippen molar-refractivity contribution in [2.24, 2.45) is 11.8 Å². The molecule has 0 aliphatic carbocycles. The minimum atomic E-state index is -0.376. The van der Waals surface area contributed by atoms with Crippen LogP contribution in [0.4, 0.5) is 0 Å². The van der Waals surface area contributed by atoms with E-state index in [0.717, 1.165) is 51.4 Å². The summed E-state index contributed by atoms with van der Waals surface area (Å²) in [6, 6.07) is 6.49. The second-order valence-corrected chi connectivity index (χ2v) is 9.52. The average Bonchev–Trinajstić information content (AvgIpc) is 2.95. The Labute approximate surface area is 229 Å². The van der Waals surface area contributed by atoms with E-state index in [-0.39, 0.29) is 18.5 Å². The summed E-state index contributed by atoms with van der Waals surface area (Å²) >= 11 is 0. The Balaban J connectivity index is 2.22. The van der Waals surface area contributed by atoms with E-state index >= 15 is 0 Å². The summed E-state index contributed by atoms with van der Waals surface area (Å²) in [5.74, 6) is -0.0405. The van der Waals surface area contributed by atoms with Gasteiger partial charge in [0.25, 0.3) is 0 Å². The summed E-state index contributed by atoms with van der Waals surface area (Å²) in [6.07, 6.45) is 8.18. The first-order chi connectivity index (χ1) is 18.5. The Morgan fingerprint density at radius 1 is 0.658 bits per heavy atom. The molecule has 1 N–H and O–H groups in total. The van der Waals surface area contributed by atoms with Gasteiger partial charge in [-0.25, -0.2) is 9.59 Å². The SMILES string of the molecule is CCCCC(CC)COC(=O)c1ccc(C(=O)OCC(CC)CCCCOCCOCCOCCO)cc1. The maximum absolute atomic E-state index is 12.5. The Morgan fingerprint density at radius 2 is 1.11 bits per heavy atom. The average molecular weight is 539 g/mol. The first-order valence-electron chi connectivity index (χ1n) is 14.3. The fourth-order valence-electron chi connectivity index (χ4n) is 3.84. The lowest BCUT2D eigenvalue weighted by molar-refractivity contribution is 0.00697. The second kappa shape index (κ2) is 22.9. The van der Waals surface area contributed by atoms with Crippen molar-refractivity contribution in [1.82, 2.24) is 0 Å². The van der Waals surface area contributed by atoms with Crippen LogP contribution < -0.4 is 0 Å². The predicted octanol–water partition coefficient (Wildman–Crippen LogP) is 5.46. The highest BCUT2D eigenvalue weighted by molar-refractivity contribution is 5.93. The molecule has 0 amide bonds. The molecule has 0 aliphatic heterocycles. The number of aliphatic hydroxyl groups is 1. The van der Waals surface area contributed by atoms with Crippen molar-refractivity contribution in [3.63, 3.8) is 0 Å². The Bertz CT molecular complexity index is 721. The van der Waals surface area contributed by atoms with Crippen LogP contribution in [0.2, 0.25) is 0 Å². The monoisotopic (exact) mass is 538 g/mol. The Hall–Kier alpha value is -2.00. The second-order valence-electron chi connectivity index (χ2n) is 9.52. The molecule has 8 heteroatoms. The molecule has 0 bridgehead atoms. The third-order valence-electron chi connectivity index (χ3n) is 6.51. The normalized spacial score (nSPS) is 12.7. The first-order valence-corrected chi connectivity index (χ1v) is 14.3. The van der Waals surface area contributed by atoms with E-state index in [0.29, 0.717) is 75.8 Å². The highest BCUT2D eigenvalue weighted by Crippen LogP contribution is 2.16. The lowest BCUT2D eigenvalue weighted by Crippen LogP contribution is -2.15. The molecule has 0 saturated carbocycles. The number of esters is 2. The zero-order valence-corrected chi connectivity index (χ0v) is 23.8. The van der Waals surface area contributed by atoms with Crippen molar-refractivity contribution in [3.8, 4) is 0 Å². The molecule has 0 aromatic heterocycles. The van der Waals surface area contributed by atoms with E-state index in [1.54, 1.807) is 24.3 Å². The van der Waals surface area contributed by atoms with Crippen molar-refractivity contribution in [2.45, 2.75) is 72.1 Å². The molecular weight excluding hydrogens is 488 g/mol. The van der Waals surface area contributed by atoms with Gasteiger partial charge in [0, 0.05) is 6.61 Å². The molecule has 1 rings (SSSR count). The van der Waals surface area contributed by atoms with Crippen LogP contribution in [0.25, 0.3) is 0 Å². The highest BCUT2D eigenvalue weighted by Gasteiger charge is 2.15. The molecule has 1 aromatic carbocycles. The van der Waals surface area contributed by atoms with Crippen molar-refractivity contribution in [1.29, 1.82) is 0 Å². The molecule has 0 fully saturated rings. The van der Waals surface area contributed by atoms with E-state index in [1.807, 2.05) is 0 Å².